The molecule has 2 aromatic carbocycles. The Kier molecular flexibility index (Phi) is 17.5. The summed E-state index contributed by atoms with van der Waals surface area (Å²) in [5.41, 5.74) is 5.76. The van der Waals surface area contributed by atoms with Crippen LogP contribution in [-0.4, -0.2) is 50.6 Å². The Hall–Kier alpha value is -3.86. The summed E-state index contributed by atoms with van der Waals surface area (Å²) in [7, 11) is 1.96. The van der Waals surface area contributed by atoms with Gasteiger partial charge >= 0.3 is 0 Å². The van der Waals surface area contributed by atoms with Gasteiger partial charge in [-0.2, -0.15) is 0 Å². The summed E-state index contributed by atoms with van der Waals surface area (Å²) in [6.07, 6.45) is 22.8. The summed E-state index contributed by atoms with van der Waals surface area (Å²) in [5, 5.41) is 2.17. The van der Waals surface area contributed by atoms with Crippen molar-refractivity contribution in [1.82, 2.24) is 9.48 Å². The quantitative estimate of drug-likeness (QED) is 0.0334. The largest absolute Gasteiger partial charge is 0.456 e. The summed E-state index contributed by atoms with van der Waals surface area (Å²) in [6.45, 7) is 15.5. The molecule has 0 spiro atoms. The molecule has 0 aromatic heterocycles. The third kappa shape index (κ3) is 11.3. The van der Waals surface area contributed by atoms with Gasteiger partial charge in [0.25, 0.3) is 5.91 Å². The number of hydrogen-bond donors (Lipinski definition) is 0. The number of carbonyl (C=O) groups is 1. The fraction of sp³-hybridized carbons (Fsp3) is 0.532. The highest BCUT2D eigenvalue weighted by atomic mass is 16.3. The maximum atomic E-state index is 14.1. The number of nitrogens with zero attached hydrogens (tertiary/aromatic N) is 3. The zero-order valence-corrected chi connectivity index (χ0v) is 33.5. The van der Waals surface area contributed by atoms with Crippen LogP contribution in [0.15, 0.2) is 77.2 Å². The van der Waals surface area contributed by atoms with E-state index in [1.165, 1.54) is 77.0 Å². The van der Waals surface area contributed by atoms with Crippen molar-refractivity contribution in [3.05, 3.63) is 83.7 Å². The van der Waals surface area contributed by atoms with Gasteiger partial charge in [-0.25, -0.2) is 4.58 Å². The van der Waals surface area contributed by atoms with Crippen LogP contribution in [0.25, 0.3) is 33.4 Å². The Morgan fingerprint density at radius 1 is 0.692 bits per heavy atom. The molecule has 0 bridgehead atoms. The Morgan fingerprint density at radius 3 is 1.98 bits per heavy atom. The smallest absolute Gasteiger partial charge is 0.254 e. The van der Waals surface area contributed by atoms with Crippen LogP contribution in [0.3, 0.4) is 0 Å². The fourth-order valence-corrected chi connectivity index (χ4v) is 7.52. The molecule has 1 aliphatic carbocycles. The maximum Gasteiger partial charge on any atom is 0.254 e. The number of hydrogen-bond acceptors (Lipinski definition) is 3. The number of amides is 1. The summed E-state index contributed by atoms with van der Waals surface area (Å²) >= 11 is 0. The number of allylic oxidation sites excluding steroid dienone is 2. The molecule has 4 rings (SSSR count). The average Bonchev–Trinajstić information content (AvgIpc) is 3.17. The minimum absolute atomic E-state index is 0.0740. The number of unbranched alkanes of at least 4 members (excludes halogenated alkanes) is 12. The topological polar surface area (TPSA) is 39.7 Å². The van der Waals surface area contributed by atoms with Gasteiger partial charge in [-0.3, -0.25) is 4.79 Å². The molecule has 1 heterocycles. The van der Waals surface area contributed by atoms with Gasteiger partial charge in [-0.05, 0) is 89.6 Å². The van der Waals surface area contributed by atoms with Crippen molar-refractivity contribution in [1.29, 1.82) is 0 Å². The molecule has 0 radical (unpaired) electrons. The molecule has 1 aliphatic heterocycles. The lowest BCUT2D eigenvalue weighted by Crippen LogP contribution is -2.29. The van der Waals surface area contributed by atoms with E-state index < -0.39 is 0 Å². The van der Waals surface area contributed by atoms with E-state index in [1.54, 1.807) is 0 Å². The van der Waals surface area contributed by atoms with Crippen LogP contribution in [0.2, 0.25) is 0 Å². The predicted molar refractivity (Wildman–Crippen MR) is 225 cm³/mol. The average molecular weight is 707 g/mol. The molecule has 0 saturated heterocycles. The van der Waals surface area contributed by atoms with Crippen molar-refractivity contribution >= 4 is 22.6 Å². The summed E-state index contributed by atoms with van der Waals surface area (Å²) in [6, 6.07) is 21.2. The van der Waals surface area contributed by atoms with E-state index in [0.717, 1.165) is 95.6 Å². The van der Waals surface area contributed by atoms with Gasteiger partial charge in [0.05, 0.1) is 6.07 Å². The lowest BCUT2D eigenvalue weighted by atomic mass is 9.90. The highest BCUT2D eigenvalue weighted by Crippen LogP contribution is 2.42. The molecule has 52 heavy (non-hydrogen) atoms. The zero-order chi connectivity index (χ0) is 37.1. The molecule has 0 N–H and O–H groups in total. The maximum absolute atomic E-state index is 14.1. The fourth-order valence-electron chi connectivity index (χ4n) is 7.52. The van der Waals surface area contributed by atoms with Crippen molar-refractivity contribution in [2.45, 2.75) is 125 Å². The molecule has 2 aliphatic rings. The van der Waals surface area contributed by atoms with E-state index in [4.69, 9.17) is 4.42 Å². The minimum atomic E-state index is 0.0740. The molecule has 5 nitrogen and oxygen atoms in total. The SMILES string of the molecule is CCCCCCCC/C=C/CCCCCCCCN(C)C(=O)c1ccccc1-c1c2ccc(=[N+](CC)CC)cc-2oc2cc(N(CC)CC)ccc12. The van der Waals surface area contributed by atoms with Crippen LogP contribution in [0.1, 0.15) is 135 Å². The Labute approximate surface area is 315 Å². The second-order valence-electron chi connectivity index (χ2n) is 14.4. The first-order valence-electron chi connectivity index (χ1n) is 20.8. The minimum Gasteiger partial charge on any atom is -0.456 e. The predicted octanol–water partition coefficient (Wildman–Crippen LogP) is 12.0. The first-order chi connectivity index (χ1) is 25.5. The highest BCUT2D eigenvalue weighted by Gasteiger charge is 2.24. The second-order valence-corrected chi connectivity index (χ2v) is 14.4. The van der Waals surface area contributed by atoms with Gasteiger partial charge in [0, 0.05) is 66.6 Å². The van der Waals surface area contributed by atoms with Gasteiger partial charge in [-0.15, -0.1) is 0 Å². The van der Waals surface area contributed by atoms with E-state index in [1.807, 2.05) is 30.1 Å². The molecule has 5 heteroatoms. The molecule has 2 aromatic rings. The van der Waals surface area contributed by atoms with Crippen molar-refractivity contribution < 1.29 is 9.21 Å². The molecular weight excluding hydrogens is 639 g/mol. The van der Waals surface area contributed by atoms with E-state index in [9.17, 15) is 4.79 Å². The highest BCUT2D eigenvalue weighted by molar-refractivity contribution is 6.09. The molecule has 1 amide bonds. The third-order valence-corrected chi connectivity index (χ3v) is 10.7. The first kappa shape index (κ1) is 40.9. The molecule has 0 atom stereocenters. The van der Waals surface area contributed by atoms with Gasteiger partial charge in [0.15, 0.2) is 0 Å². The molecule has 0 fully saturated rings. The van der Waals surface area contributed by atoms with E-state index in [0.29, 0.717) is 0 Å². The number of carbonyl (C=O) groups excluding carboxylic acids is 1. The molecule has 0 saturated carbocycles. The number of anilines is 1. The van der Waals surface area contributed by atoms with Crippen LogP contribution in [0.4, 0.5) is 5.69 Å². The van der Waals surface area contributed by atoms with Gasteiger partial charge in [-0.1, -0.05) is 95.1 Å². The lowest BCUT2D eigenvalue weighted by Gasteiger charge is -2.23. The second kappa shape index (κ2) is 22.3. The van der Waals surface area contributed by atoms with Crippen LogP contribution < -0.4 is 14.8 Å². The van der Waals surface area contributed by atoms with Crippen molar-refractivity contribution in [2.75, 3.05) is 44.7 Å². The monoisotopic (exact) mass is 707 g/mol. The van der Waals surface area contributed by atoms with Gasteiger partial charge in [0.2, 0.25) is 5.36 Å². The van der Waals surface area contributed by atoms with Gasteiger partial charge in [0.1, 0.15) is 24.4 Å². The molecule has 0 unspecified atom stereocenters. The Morgan fingerprint density at radius 2 is 1.33 bits per heavy atom. The first-order valence-corrected chi connectivity index (χ1v) is 20.8. The summed E-state index contributed by atoms with van der Waals surface area (Å²) in [5.74, 6) is 0.911. The zero-order valence-electron chi connectivity index (χ0n) is 33.5. The number of rotatable bonds is 23. The van der Waals surface area contributed by atoms with Crippen LogP contribution in [0.5, 0.6) is 0 Å². The Balaban J connectivity index is 1.43. The summed E-state index contributed by atoms with van der Waals surface area (Å²) < 4.78 is 9.05. The normalized spacial score (nSPS) is 11.6. The standard InChI is InChI=1S/C47H68N3O2/c1-7-12-13-14-15-16-17-18-19-20-21-22-23-24-25-28-35-48(6)47(51)41-30-27-26-29-40(41)46-42-33-31-38(49(8-2)9-3)36-44(42)52-45-37-39(32-34-43(45)46)50(10-4)11-5/h18-19,26-27,29-34,36-37H,7-17,20-25,28,35H2,1-6H3/q+1/b19-18+. The van der Waals surface area contributed by atoms with Crippen molar-refractivity contribution in [3.8, 4) is 22.5 Å². The number of benzene rings is 3. The Bertz CT molecular complexity index is 1720. The van der Waals surface area contributed by atoms with Crippen LogP contribution >= 0.6 is 0 Å². The van der Waals surface area contributed by atoms with Crippen molar-refractivity contribution in [3.63, 3.8) is 0 Å². The molecular formula is C47H68N3O2+. The van der Waals surface area contributed by atoms with E-state index >= 15 is 0 Å². The van der Waals surface area contributed by atoms with Crippen LogP contribution in [0, 0.1) is 0 Å². The molecule has 282 valence electrons. The van der Waals surface area contributed by atoms with Gasteiger partial charge < -0.3 is 14.2 Å². The van der Waals surface area contributed by atoms with Crippen LogP contribution in [-0.2, 0) is 0 Å². The third-order valence-electron chi connectivity index (χ3n) is 10.7. The number of fused-ring (bicyclic) bond motifs is 2. The van der Waals surface area contributed by atoms with E-state index in [-0.39, 0.29) is 5.91 Å². The van der Waals surface area contributed by atoms with E-state index in [2.05, 4.69) is 98.7 Å². The lowest BCUT2D eigenvalue weighted by molar-refractivity contribution is 0.0793. The summed E-state index contributed by atoms with van der Waals surface area (Å²) in [4.78, 5) is 18.4. The van der Waals surface area contributed by atoms with Crippen molar-refractivity contribution in [2.24, 2.45) is 0 Å².